The molecule has 2 aromatic rings. The minimum absolute atomic E-state index is 0.178. The van der Waals surface area contributed by atoms with E-state index in [1.807, 2.05) is 12.1 Å². The third kappa shape index (κ3) is 3.60. The largest absolute Gasteiger partial charge is 0.399 e. The zero-order valence-electron chi connectivity index (χ0n) is 13.1. The van der Waals surface area contributed by atoms with Gasteiger partial charge < -0.3 is 5.73 Å². The number of hydrogen-bond donors (Lipinski definition) is 2. The fourth-order valence-electron chi connectivity index (χ4n) is 3.03. The van der Waals surface area contributed by atoms with Gasteiger partial charge in [0.25, 0.3) is 5.69 Å². The van der Waals surface area contributed by atoms with Crippen molar-refractivity contribution in [3.63, 3.8) is 0 Å². The van der Waals surface area contributed by atoms with Crippen molar-refractivity contribution < 1.29 is 13.3 Å². The van der Waals surface area contributed by atoms with E-state index in [1.54, 1.807) is 6.07 Å². The summed E-state index contributed by atoms with van der Waals surface area (Å²) < 4.78 is 28.0. The molecule has 1 aliphatic rings. The number of halogens is 1. The molecule has 7 nitrogen and oxygen atoms in total. The summed E-state index contributed by atoms with van der Waals surface area (Å²) >= 11 is 5.96. The number of nitrogens with two attached hydrogens (primary N) is 1. The molecule has 1 atom stereocenters. The average Bonchev–Trinajstić information content (AvgIpc) is 2.54. The average molecular weight is 382 g/mol. The van der Waals surface area contributed by atoms with Crippen molar-refractivity contribution in [2.45, 2.75) is 30.2 Å². The number of aryl methyl sites for hydroxylation is 1. The number of fused-ring (bicyclic) bond motifs is 1. The third-order valence-corrected chi connectivity index (χ3v) is 6.15. The zero-order chi connectivity index (χ0) is 18.2. The Labute approximate surface area is 150 Å². The minimum atomic E-state index is -3.92. The van der Waals surface area contributed by atoms with Gasteiger partial charge in [0.05, 0.1) is 9.95 Å². The van der Waals surface area contributed by atoms with Crippen LogP contribution in [0.5, 0.6) is 0 Å². The lowest BCUT2D eigenvalue weighted by atomic mass is 9.88. The van der Waals surface area contributed by atoms with E-state index in [9.17, 15) is 18.5 Å². The molecule has 1 unspecified atom stereocenters. The van der Waals surface area contributed by atoms with E-state index in [1.165, 1.54) is 0 Å². The van der Waals surface area contributed by atoms with Gasteiger partial charge in [-0.3, -0.25) is 10.1 Å². The number of rotatable bonds is 4. The standard InChI is InChI=1S/C16H16ClN3O4S/c17-14-9-12(20(21)22)5-7-16(14)25(23,24)19-15-3-1-2-10-8-11(18)4-6-13(10)15/h4-9,15,19H,1-3,18H2. The number of nitrogen functional groups attached to an aromatic ring is 1. The lowest BCUT2D eigenvalue weighted by Crippen LogP contribution is -2.31. The van der Waals surface area contributed by atoms with Crippen LogP contribution in [0.15, 0.2) is 41.3 Å². The summed E-state index contributed by atoms with van der Waals surface area (Å²) in [6.07, 6.45) is 2.33. The Morgan fingerprint density at radius 1 is 1.24 bits per heavy atom. The molecule has 132 valence electrons. The number of nitro benzene ring substituents is 1. The van der Waals surface area contributed by atoms with Crippen LogP contribution in [-0.4, -0.2) is 13.3 Å². The summed E-state index contributed by atoms with van der Waals surface area (Å²) in [6, 6.07) is 8.34. The number of non-ortho nitro benzene ring substituents is 1. The Morgan fingerprint density at radius 2 is 2.00 bits per heavy atom. The summed E-state index contributed by atoms with van der Waals surface area (Å²) in [7, 11) is -3.92. The SMILES string of the molecule is Nc1ccc2c(c1)CCCC2NS(=O)(=O)c1ccc([N+](=O)[O-])cc1Cl. The molecule has 3 N–H and O–H groups in total. The Balaban J connectivity index is 1.92. The molecule has 2 aromatic carbocycles. The van der Waals surface area contributed by atoms with Crippen molar-refractivity contribution in [1.29, 1.82) is 0 Å². The molecule has 0 saturated carbocycles. The summed E-state index contributed by atoms with van der Waals surface area (Å²) in [5.41, 5.74) is 8.08. The van der Waals surface area contributed by atoms with Crippen LogP contribution in [0.1, 0.15) is 30.0 Å². The lowest BCUT2D eigenvalue weighted by molar-refractivity contribution is -0.384. The summed E-state index contributed by atoms with van der Waals surface area (Å²) in [5.74, 6) is 0. The lowest BCUT2D eigenvalue weighted by Gasteiger charge is -2.26. The molecule has 0 bridgehead atoms. The second kappa shape index (κ2) is 6.62. The highest BCUT2D eigenvalue weighted by Gasteiger charge is 2.28. The summed E-state index contributed by atoms with van der Waals surface area (Å²) in [4.78, 5) is 9.96. The second-order valence-electron chi connectivity index (χ2n) is 5.90. The number of sulfonamides is 1. The number of nitrogens with zero attached hydrogens (tertiary/aromatic N) is 1. The third-order valence-electron chi connectivity index (χ3n) is 4.19. The molecule has 0 saturated heterocycles. The molecule has 0 heterocycles. The van der Waals surface area contributed by atoms with Gasteiger partial charge in [0.15, 0.2) is 0 Å². The second-order valence-corrected chi connectivity index (χ2v) is 7.99. The predicted octanol–water partition coefficient (Wildman–Crippen LogP) is 3.19. The van der Waals surface area contributed by atoms with Gasteiger partial charge in [0.2, 0.25) is 10.0 Å². The van der Waals surface area contributed by atoms with E-state index in [0.717, 1.165) is 42.2 Å². The van der Waals surface area contributed by atoms with E-state index >= 15 is 0 Å². The summed E-state index contributed by atoms with van der Waals surface area (Å²) in [6.45, 7) is 0. The van der Waals surface area contributed by atoms with Crippen molar-refractivity contribution in [2.75, 3.05) is 5.73 Å². The highest BCUT2D eigenvalue weighted by atomic mass is 35.5. The monoisotopic (exact) mass is 381 g/mol. The van der Waals surface area contributed by atoms with Gasteiger partial charge in [-0.2, -0.15) is 0 Å². The van der Waals surface area contributed by atoms with Crippen LogP contribution in [0.25, 0.3) is 0 Å². The van der Waals surface area contributed by atoms with Crippen LogP contribution >= 0.6 is 11.6 Å². The van der Waals surface area contributed by atoms with E-state index in [4.69, 9.17) is 17.3 Å². The molecule has 1 aliphatic carbocycles. The fourth-order valence-corrected chi connectivity index (χ4v) is 4.82. The van der Waals surface area contributed by atoms with Gasteiger partial charge >= 0.3 is 0 Å². The van der Waals surface area contributed by atoms with Crippen molar-refractivity contribution in [2.24, 2.45) is 0 Å². The van der Waals surface area contributed by atoms with Gasteiger partial charge in [0, 0.05) is 23.9 Å². The highest BCUT2D eigenvalue weighted by Crippen LogP contribution is 2.33. The molecule has 0 aliphatic heterocycles. The maximum atomic E-state index is 12.7. The molecule has 0 amide bonds. The van der Waals surface area contributed by atoms with Crippen molar-refractivity contribution >= 4 is 33.0 Å². The molecule has 0 spiro atoms. The molecular weight excluding hydrogens is 366 g/mol. The first-order valence-corrected chi connectivity index (χ1v) is 9.48. The van der Waals surface area contributed by atoms with Crippen LogP contribution in [0, 0.1) is 10.1 Å². The van der Waals surface area contributed by atoms with Crippen LogP contribution in [0.2, 0.25) is 5.02 Å². The number of anilines is 1. The molecule has 25 heavy (non-hydrogen) atoms. The van der Waals surface area contributed by atoms with Gasteiger partial charge in [-0.25, -0.2) is 13.1 Å². The Bertz CT molecular complexity index is 946. The van der Waals surface area contributed by atoms with Gasteiger partial charge in [0.1, 0.15) is 4.90 Å². The smallest absolute Gasteiger partial charge is 0.271 e. The first-order chi connectivity index (χ1) is 11.8. The molecule has 0 fully saturated rings. The Morgan fingerprint density at radius 3 is 2.68 bits per heavy atom. The number of nitro groups is 1. The number of hydrogen-bond acceptors (Lipinski definition) is 5. The molecule has 3 rings (SSSR count). The quantitative estimate of drug-likeness (QED) is 0.479. The number of benzene rings is 2. The molecular formula is C16H16ClN3O4S. The first-order valence-electron chi connectivity index (χ1n) is 7.62. The highest BCUT2D eigenvalue weighted by molar-refractivity contribution is 7.89. The van der Waals surface area contributed by atoms with E-state index < -0.39 is 14.9 Å². The molecule has 9 heteroatoms. The molecule has 0 aromatic heterocycles. The summed E-state index contributed by atoms with van der Waals surface area (Å²) in [5, 5.41) is 10.6. The van der Waals surface area contributed by atoms with Gasteiger partial charge in [-0.05, 0) is 48.6 Å². The van der Waals surface area contributed by atoms with Crippen molar-refractivity contribution in [3.8, 4) is 0 Å². The molecule has 0 radical (unpaired) electrons. The van der Waals surface area contributed by atoms with Crippen molar-refractivity contribution in [1.82, 2.24) is 4.72 Å². The van der Waals surface area contributed by atoms with Crippen LogP contribution in [0.3, 0.4) is 0 Å². The zero-order valence-corrected chi connectivity index (χ0v) is 14.7. The fraction of sp³-hybridized carbons (Fsp3) is 0.250. The predicted molar refractivity (Wildman–Crippen MR) is 95.0 cm³/mol. The van der Waals surface area contributed by atoms with Crippen LogP contribution in [0.4, 0.5) is 11.4 Å². The van der Waals surface area contributed by atoms with Gasteiger partial charge in [-0.1, -0.05) is 17.7 Å². The van der Waals surface area contributed by atoms with E-state index in [2.05, 4.69) is 4.72 Å². The van der Waals surface area contributed by atoms with E-state index in [-0.39, 0.29) is 21.6 Å². The van der Waals surface area contributed by atoms with Crippen LogP contribution < -0.4 is 10.5 Å². The number of nitrogens with one attached hydrogen (secondary N) is 1. The van der Waals surface area contributed by atoms with Crippen LogP contribution in [-0.2, 0) is 16.4 Å². The first kappa shape index (κ1) is 17.7. The van der Waals surface area contributed by atoms with Gasteiger partial charge in [-0.15, -0.1) is 0 Å². The minimum Gasteiger partial charge on any atom is -0.399 e. The topological polar surface area (TPSA) is 115 Å². The maximum absolute atomic E-state index is 12.7. The normalized spacial score (nSPS) is 17.1. The Kier molecular flexibility index (Phi) is 4.68. The Hall–Kier alpha value is -2.16. The van der Waals surface area contributed by atoms with Crippen molar-refractivity contribution in [3.05, 3.63) is 62.7 Å². The maximum Gasteiger partial charge on any atom is 0.271 e. The van der Waals surface area contributed by atoms with E-state index in [0.29, 0.717) is 12.1 Å².